The number of halogens is 2. The summed E-state index contributed by atoms with van der Waals surface area (Å²) in [7, 11) is 0. The highest BCUT2D eigenvalue weighted by Crippen LogP contribution is 2.26. The molecule has 1 amide bonds. The van der Waals surface area contributed by atoms with E-state index in [0.717, 1.165) is 34.1 Å². The van der Waals surface area contributed by atoms with Gasteiger partial charge in [0.15, 0.2) is 0 Å². The van der Waals surface area contributed by atoms with Gasteiger partial charge in [-0.3, -0.25) is 9.69 Å². The van der Waals surface area contributed by atoms with Crippen LogP contribution in [0, 0.1) is 5.92 Å². The van der Waals surface area contributed by atoms with Gasteiger partial charge in [0.25, 0.3) is 0 Å². The van der Waals surface area contributed by atoms with E-state index in [1.807, 2.05) is 25.1 Å². The van der Waals surface area contributed by atoms with E-state index in [9.17, 15) is 4.79 Å². The van der Waals surface area contributed by atoms with E-state index in [4.69, 9.17) is 5.73 Å². The minimum atomic E-state index is 0.0124. The number of carbonyl (C=O) groups is 1. The number of likely N-dealkylation sites (tertiary alicyclic amines) is 1. The molecule has 2 rings (SSSR count). The second-order valence-electron chi connectivity index (χ2n) is 5.32. The fourth-order valence-corrected chi connectivity index (χ4v) is 3.57. The van der Waals surface area contributed by atoms with Gasteiger partial charge in [0.1, 0.15) is 0 Å². The molecule has 2 atom stereocenters. The van der Waals surface area contributed by atoms with Crippen LogP contribution >= 0.6 is 31.9 Å². The Morgan fingerprint density at radius 3 is 2.90 bits per heavy atom. The molecule has 1 aromatic carbocycles. The molecule has 20 heavy (non-hydrogen) atoms. The first-order valence-corrected chi connectivity index (χ1v) is 8.27. The number of hydrogen-bond acceptors (Lipinski definition) is 3. The first-order valence-electron chi connectivity index (χ1n) is 6.68. The minimum absolute atomic E-state index is 0.0124. The fraction of sp³-hybridized carbons (Fsp3) is 0.500. The molecule has 0 bridgehead atoms. The zero-order valence-electron chi connectivity index (χ0n) is 11.4. The lowest BCUT2D eigenvalue weighted by Crippen LogP contribution is -2.34. The standard InChI is InChI=1S/C14H19Br2N3O/c1-9(17)10-4-5-19(7-10)8-14(20)18-13-3-2-11(15)6-12(13)16/h2-3,6,9-10H,4-5,7-8,17H2,1H3,(H,18,20). The molecule has 0 spiro atoms. The first kappa shape index (κ1) is 15.9. The van der Waals surface area contributed by atoms with Gasteiger partial charge in [-0.15, -0.1) is 0 Å². The zero-order chi connectivity index (χ0) is 14.7. The van der Waals surface area contributed by atoms with Crippen LogP contribution in [0.1, 0.15) is 13.3 Å². The largest absolute Gasteiger partial charge is 0.328 e. The van der Waals surface area contributed by atoms with Gasteiger partial charge in [-0.2, -0.15) is 0 Å². The third-order valence-corrected chi connectivity index (χ3v) is 4.77. The minimum Gasteiger partial charge on any atom is -0.328 e. The quantitative estimate of drug-likeness (QED) is 0.811. The number of nitrogens with zero attached hydrogens (tertiary/aromatic N) is 1. The predicted octanol–water partition coefficient (Wildman–Crippen LogP) is 2.82. The summed E-state index contributed by atoms with van der Waals surface area (Å²) in [5, 5.41) is 2.93. The number of rotatable bonds is 4. The lowest BCUT2D eigenvalue weighted by atomic mass is 10.0. The number of nitrogens with one attached hydrogen (secondary N) is 1. The van der Waals surface area contributed by atoms with E-state index in [2.05, 4.69) is 42.1 Å². The average Bonchev–Trinajstić information content (AvgIpc) is 2.81. The summed E-state index contributed by atoms with van der Waals surface area (Å²) in [6, 6.07) is 5.89. The summed E-state index contributed by atoms with van der Waals surface area (Å²) in [5.41, 5.74) is 6.70. The zero-order valence-corrected chi connectivity index (χ0v) is 14.6. The van der Waals surface area contributed by atoms with Crippen molar-refractivity contribution in [1.29, 1.82) is 0 Å². The molecule has 1 aliphatic heterocycles. The number of hydrogen-bond donors (Lipinski definition) is 2. The highest BCUT2D eigenvalue weighted by Gasteiger charge is 2.26. The molecule has 6 heteroatoms. The molecule has 1 aromatic rings. The van der Waals surface area contributed by atoms with E-state index in [-0.39, 0.29) is 11.9 Å². The Hall–Kier alpha value is -0.430. The Bertz CT molecular complexity index is 493. The van der Waals surface area contributed by atoms with Crippen LogP contribution in [0.5, 0.6) is 0 Å². The Balaban J connectivity index is 1.87. The van der Waals surface area contributed by atoms with Crippen molar-refractivity contribution in [2.75, 3.05) is 25.0 Å². The summed E-state index contributed by atoms with van der Waals surface area (Å²) < 4.78 is 1.84. The van der Waals surface area contributed by atoms with Crippen molar-refractivity contribution in [1.82, 2.24) is 4.90 Å². The van der Waals surface area contributed by atoms with Gasteiger partial charge < -0.3 is 11.1 Å². The Morgan fingerprint density at radius 2 is 2.30 bits per heavy atom. The van der Waals surface area contributed by atoms with Crippen molar-refractivity contribution in [3.8, 4) is 0 Å². The maximum absolute atomic E-state index is 12.1. The topological polar surface area (TPSA) is 58.4 Å². The third kappa shape index (κ3) is 4.28. The maximum atomic E-state index is 12.1. The van der Waals surface area contributed by atoms with Crippen LogP contribution in [0.3, 0.4) is 0 Å². The lowest BCUT2D eigenvalue weighted by Gasteiger charge is -2.17. The fourth-order valence-electron chi connectivity index (χ4n) is 2.42. The Kier molecular flexibility index (Phi) is 5.60. The summed E-state index contributed by atoms with van der Waals surface area (Å²) in [4.78, 5) is 14.2. The average molecular weight is 405 g/mol. The van der Waals surface area contributed by atoms with Crippen molar-refractivity contribution >= 4 is 43.5 Å². The highest BCUT2D eigenvalue weighted by molar-refractivity contribution is 9.11. The molecular formula is C14H19Br2N3O. The summed E-state index contributed by atoms with van der Waals surface area (Å²) in [6.07, 6.45) is 1.08. The Labute approximate surface area is 136 Å². The van der Waals surface area contributed by atoms with E-state index < -0.39 is 0 Å². The van der Waals surface area contributed by atoms with Gasteiger partial charge in [0, 0.05) is 21.5 Å². The van der Waals surface area contributed by atoms with Gasteiger partial charge in [-0.25, -0.2) is 0 Å². The number of benzene rings is 1. The number of amides is 1. The molecule has 1 saturated heterocycles. The van der Waals surface area contributed by atoms with Crippen LogP contribution in [-0.2, 0) is 4.79 Å². The molecule has 0 aromatic heterocycles. The summed E-state index contributed by atoms with van der Waals surface area (Å²) in [5.74, 6) is 0.514. The van der Waals surface area contributed by atoms with Crippen molar-refractivity contribution in [3.05, 3.63) is 27.1 Å². The Morgan fingerprint density at radius 1 is 1.55 bits per heavy atom. The highest BCUT2D eigenvalue weighted by atomic mass is 79.9. The van der Waals surface area contributed by atoms with E-state index in [1.165, 1.54) is 0 Å². The summed E-state index contributed by atoms with van der Waals surface area (Å²) >= 11 is 6.83. The van der Waals surface area contributed by atoms with Gasteiger partial charge >= 0.3 is 0 Å². The van der Waals surface area contributed by atoms with Crippen LogP contribution in [0.15, 0.2) is 27.1 Å². The monoisotopic (exact) mass is 403 g/mol. The van der Waals surface area contributed by atoms with Gasteiger partial charge in [-0.05, 0) is 59.9 Å². The van der Waals surface area contributed by atoms with Crippen LogP contribution < -0.4 is 11.1 Å². The van der Waals surface area contributed by atoms with Crippen LogP contribution in [0.2, 0.25) is 0 Å². The molecule has 110 valence electrons. The molecule has 2 unspecified atom stereocenters. The van der Waals surface area contributed by atoms with Crippen LogP contribution in [0.4, 0.5) is 5.69 Å². The van der Waals surface area contributed by atoms with Gasteiger partial charge in [-0.1, -0.05) is 15.9 Å². The number of carbonyl (C=O) groups excluding carboxylic acids is 1. The molecule has 0 radical (unpaired) electrons. The second kappa shape index (κ2) is 7.02. The molecule has 1 heterocycles. The lowest BCUT2D eigenvalue weighted by molar-refractivity contribution is -0.117. The van der Waals surface area contributed by atoms with Crippen molar-refractivity contribution < 1.29 is 4.79 Å². The van der Waals surface area contributed by atoms with E-state index in [0.29, 0.717) is 12.5 Å². The van der Waals surface area contributed by atoms with Gasteiger partial charge in [0.05, 0.1) is 12.2 Å². The van der Waals surface area contributed by atoms with Crippen molar-refractivity contribution in [2.45, 2.75) is 19.4 Å². The van der Waals surface area contributed by atoms with Crippen molar-refractivity contribution in [3.63, 3.8) is 0 Å². The van der Waals surface area contributed by atoms with E-state index in [1.54, 1.807) is 0 Å². The molecule has 0 aliphatic carbocycles. The first-order chi connectivity index (χ1) is 9.45. The van der Waals surface area contributed by atoms with Crippen molar-refractivity contribution in [2.24, 2.45) is 11.7 Å². The number of anilines is 1. The number of nitrogens with two attached hydrogens (primary N) is 1. The second-order valence-corrected chi connectivity index (χ2v) is 7.09. The molecule has 3 N–H and O–H groups in total. The normalized spacial score (nSPS) is 20.9. The van der Waals surface area contributed by atoms with E-state index >= 15 is 0 Å². The van der Waals surface area contributed by atoms with Gasteiger partial charge in [0.2, 0.25) is 5.91 Å². The third-order valence-electron chi connectivity index (χ3n) is 3.62. The van der Waals surface area contributed by atoms with Crippen LogP contribution in [-0.4, -0.2) is 36.5 Å². The maximum Gasteiger partial charge on any atom is 0.238 e. The molecule has 0 saturated carbocycles. The summed E-state index contributed by atoms with van der Waals surface area (Å²) in [6.45, 7) is 4.31. The van der Waals surface area contributed by atoms with Crippen LogP contribution in [0.25, 0.3) is 0 Å². The molecular weight excluding hydrogens is 386 g/mol. The molecule has 4 nitrogen and oxygen atoms in total. The smallest absolute Gasteiger partial charge is 0.238 e. The predicted molar refractivity (Wildman–Crippen MR) is 88.7 cm³/mol. The molecule has 1 aliphatic rings. The molecule has 1 fully saturated rings. The SMILES string of the molecule is CC(N)C1CCN(CC(=O)Nc2ccc(Br)cc2Br)C1.